The lowest BCUT2D eigenvalue weighted by atomic mass is 10.4. The number of carbonyl (C=O) groups excluding carboxylic acids is 1. The Balaban J connectivity index is 5.71. The smallest absolute Gasteiger partial charge is 0.462 e. The lowest BCUT2D eigenvalue weighted by Crippen LogP contribution is -2.51. The van der Waals surface area contributed by atoms with Crippen molar-refractivity contribution < 1.29 is 37.0 Å². The molecule has 3 atom stereocenters. The molecule has 0 saturated heterocycles. The highest BCUT2D eigenvalue weighted by Crippen LogP contribution is 2.22. The second-order valence-electron chi connectivity index (χ2n) is 5.33. The van der Waals surface area contributed by atoms with Crippen molar-refractivity contribution in [2.45, 2.75) is 59.9 Å². The number of hydrogen-bond acceptors (Lipinski definition) is 8. The van der Waals surface area contributed by atoms with Crippen LogP contribution in [0.25, 0.3) is 0 Å². The molecule has 0 amide bonds. The van der Waals surface area contributed by atoms with E-state index in [1.54, 1.807) is 27.7 Å². The molecule has 148 valence electrons. The van der Waals surface area contributed by atoms with Crippen LogP contribution in [-0.4, -0.2) is 61.6 Å². The number of methoxy groups -OCH3 is 3. The minimum Gasteiger partial charge on any atom is -0.462 e. The van der Waals surface area contributed by atoms with E-state index >= 15 is 0 Å². The second-order valence-corrected chi connectivity index (χ2v) is 7.53. The molecule has 0 aromatic carbocycles. The maximum Gasteiger partial charge on any atom is 0.536 e. The second kappa shape index (κ2) is 12.5. The summed E-state index contributed by atoms with van der Waals surface area (Å²) in [5, 5.41) is 0. The minimum atomic E-state index is -3.55. The van der Waals surface area contributed by atoms with Crippen molar-refractivity contribution in [3.05, 3.63) is 11.3 Å². The first kappa shape index (κ1) is 24.2. The van der Waals surface area contributed by atoms with E-state index in [-0.39, 0.29) is 0 Å². The minimum absolute atomic E-state index is 0.315. The van der Waals surface area contributed by atoms with Crippen LogP contribution in [0.1, 0.15) is 41.0 Å². The molecule has 25 heavy (non-hydrogen) atoms. The molecule has 0 radical (unpaired) electrons. The number of esters is 1. The Kier molecular flexibility index (Phi) is 12.1. The lowest BCUT2D eigenvalue weighted by Gasteiger charge is -2.33. The predicted octanol–water partition coefficient (Wildman–Crippen LogP) is 2.39. The fraction of sp³-hybridized carbons (Fsp3) is 0.812. The summed E-state index contributed by atoms with van der Waals surface area (Å²) in [5.74, 6) is -0.463. The van der Waals surface area contributed by atoms with E-state index in [0.29, 0.717) is 12.2 Å². The monoisotopic (exact) mass is 380 g/mol. The van der Waals surface area contributed by atoms with Crippen LogP contribution < -0.4 is 0 Å². The molecule has 0 aliphatic carbocycles. The Bertz CT molecular complexity index is 384. The molecule has 0 bridgehead atoms. The van der Waals surface area contributed by atoms with Crippen LogP contribution in [0.3, 0.4) is 0 Å². The summed E-state index contributed by atoms with van der Waals surface area (Å²) >= 11 is 0. The van der Waals surface area contributed by atoms with Crippen molar-refractivity contribution in [3.63, 3.8) is 0 Å². The van der Waals surface area contributed by atoms with Gasteiger partial charge in [0.2, 0.25) is 0 Å². The fourth-order valence-corrected chi connectivity index (χ4v) is 4.35. The SMILES string of the molecule is CCCOC(=O)C(C)=C[Si](OC(C)OC)(OC(C)OC)OC(C)OC. The third-order valence-corrected chi connectivity index (χ3v) is 5.91. The average Bonchev–Trinajstić information content (AvgIpc) is 2.58. The molecule has 0 fully saturated rings. The van der Waals surface area contributed by atoms with Crippen molar-refractivity contribution in [2.75, 3.05) is 27.9 Å². The van der Waals surface area contributed by atoms with Gasteiger partial charge in [-0.2, -0.15) is 0 Å². The Labute approximate surface area is 151 Å². The van der Waals surface area contributed by atoms with E-state index in [4.69, 9.17) is 32.2 Å². The van der Waals surface area contributed by atoms with Gasteiger partial charge in [0.25, 0.3) is 0 Å². The van der Waals surface area contributed by atoms with Gasteiger partial charge in [0, 0.05) is 26.9 Å². The molecular formula is C16H32O8Si. The van der Waals surface area contributed by atoms with Crippen LogP contribution >= 0.6 is 0 Å². The Morgan fingerprint density at radius 3 is 1.64 bits per heavy atom. The summed E-state index contributed by atoms with van der Waals surface area (Å²) < 4.78 is 38.3. The summed E-state index contributed by atoms with van der Waals surface area (Å²) in [6, 6.07) is 0. The summed E-state index contributed by atoms with van der Waals surface area (Å²) in [5.41, 5.74) is 1.83. The van der Waals surface area contributed by atoms with Gasteiger partial charge in [-0.3, -0.25) is 0 Å². The van der Waals surface area contributed by atoms with E-state index in [0.717, 1.165) is 6.42 Å². The zero-order valence-corrected chi connectivity index (χ0v) is 17.5. The molecule has 0 aliphatic heterocycles. The Hall–Kier alpha value is -0.813. The highest BCUT2D eigenvalue weighted by atomic mass is 28.4. The van der Waals surface area contributed by atoms with Gasteiger partial charge in [0.15, 0.2) is 0 Å². The van der Waals surface area contributed by atoms with Crippen LogP contribution in [0.4, 0.5) is 0 Å². The van der Waals surface area contributed by atoms with E-state index in [1.165, 1.54) is 27.0 Å². The highest BCUT2D eigenvalue weighted by Gasteiger charge is 2.45. The molecule has 0 rings (SSSR count). The van der Waals surface area contributed by atoms with Crippen LogP contribution in [-0.2, 0) is 37.0 Å². The quantitative estimate of drug-likeness (QED) is 0.208. The Morgan fingerprint density at radius 1 is 0.920 bits per heavy atom. The summed E-state index contributed by atoms with van der Waals surface area (Å²) in [6.45, 7) is 8.95. The van der Waals surface area contributed by atoms with E-state index < -0.39 is 33.6 Å². The first-order valence-electron chi connectivity index (χ1n) is 8.21. The topological polar surface area (TPSA) is 81.7 Å². The Morgan fingerprint density at radius 2 is 1.32 bits per heavy atom. The van der Waals surface area contributed by atoms with Gasteiger partial charge in [-0.1, -0.05) is 6.92 Å². The maximum absolute atomic E-state index is 12.1. The summed E-state index contributed by atoms with van der Waals surface area (Å²) in [6.07, 6.45) is -1.16. The number of rotatable bonds is 13. The normalized spacial score (nSPS) is 18.3. The van der Waals surface area contributed by atoms with Crippen LogP contribution in [0.15, 0.2) is 11.3 Å². The maximum atomic E-state index is 12.1. The van der Waals surface area contributed by atoms with Gasteiger partial charge in [-0.15, -0.1) is 0 Å². The molecular weight excluding hydrogens is 348 g/mol. The number of carbonyl (C=O) groups is 1. The highest BCUT2D eigenvalue weighted by molar-refractivity contribution is 6.67. The third kappa shape index (κ3) is 9.45. The van der Waals surface area contributed by atoms with Gasteiger partial charge in [0.05, 0.1) is 6.61 Å². The van der Waals surface area contributed by atoms with Crippen LogP contribution in [0, 0.1) is 0 Å². The summed E-state index contributed by atoms with van der Waals surface area (Å²) in [4.78, 5) is 12.1. The van der Waals surface area contributed by atoms with Gasteiger partial charge >= 0.3 is 14.8 Å². The van der Waals surface area contributed by atoms with Crippen molar-refractivity contribution >= 4 is 14.8 Å². The van der Waals surface area contributed by atoms with Crippen molar-refractivity contribution in [1.29, 1.82) is 0 Å². The molecule has 0 aliphatic rings. The number of hydrogen-bond donors (Lipinski definition) is 0. The average molecular weight is 381 g/mol. The molecule has 0 heterocycles. The van der Waals surface area contributed by atoms with Crippen molar-refractivity contribution in [2.24, 2.45) is 0 Å². The number of ether oxygens (including phenoxy) is 4. The zero-order chi connectivity index (χ0) is 19.5. The molecule has 9 heteroatoms. The van der Waals surface area contributed by atoms with Gasteiger partial charge in [-0.25, -0.2) is 4.79 Å². The van der Waals surface area contributed by atoms with Gasteiger partial charge in [0.1, 0.15) is 18.9 Å². The van der Waals surface area contributed by atoms with Gasteiger partial charge in [-0.05, 0) is 39.8 Å². The molecule has 0 aromatic heterocycles. The molecule has 0 aromatic rings. The van der Waals surface area contributed by atoms with E-state index in [9.17, 15) is 4.79 Å². The molecule has 0 spiro atoms. The van der Waals surface area contributed by atoms with Crippen LogP contribution in [0.5, 0.6) is 0 Å². The van der Waals surface area contributed by atoms with Gasteiger partial charge < -0.3 is 32.2 Å². The van der Waals surface area contributed by atoms with Crippen molar-refractivity contribution in [3.8, 4) is 0 Å². The standard InChI is InChI=1S/C16H32O8Si/c1-9-10-21-16(17)12(2)11-25(22-13(3)18-6,23-14(4)19-7)24-15(5)20-8/h11,13-15H,9-10H2,1-8H3. The van der Waals surface area contributed by atoms with E-state index in [1.807, 2.05) is 6.92 Å². The molecule has 0 saturated carbocycles. The lowest BCUT2D eigenvalue weighted by molar-refractivity contribution is -0.158. The molecule has 3 unspecified atom stereocenters. The van der Waals surface area contributed by atoms with Crippen molar-refractivity contribution in [1.82, 2.24) is 0 Å². The molecule has 0 N–H and O–H groups in total. The summed E-state index contributed by atoms with van der Waals surface area (Å²) in [7, 11) is 0.936. The van der Waals surface area contributed by atoms with Crippen LogP contribution in [0.2, 0.25) is 0 Å². The largest absolute Gasteiger partial charge is 0.536 e. The van der Waals surface area contributed by atoms with E-state index in [2.05, 4.69) is 0 Å². The predicted molar refractivity (Wildman–Crippen MR) is 93.4 cm³/mol. The fourth-order valence-electron chi connectivity index (χ4n) is 1.66. The first-order chi connectivity index (χ1) is 11.7. The molecule has 8 nitrogen and oxygen atoms in total. The first-order valence-corrected chi connectivity index (χ1v) is 10.0. The zero-order valence-electron chi connectivity index (χ0n) is 16.5. The third-order valence-electron chi connectivity index (χ3n) is 3.14.